The number of amides is 2. The number of carbonyl (C=O) groups is 2. The molecule has 10 nitrogen and oxygen atoms in total. The molecular weight excluding hydrogens is 664 g/mol. The van der Waals surface area contributed by atoms with Crippen molar-refractivity contribution >= 4 is 28.7 Å². The van der Waals surface area contributed by atoms with Crippen LogP contribution in [0.4, 0.5) is 28.0 Å². The van der Waals surface area contributed by atoms with Gasteiger partial charge in [0.15, 0.2) is 5.69 Å². The molecule has 2 atom stereocenters. The molecule has 1 aliphatic rings. The van der Waals surface area contributed by atoms with Crippen LogP contribution in [0.25, 0.3) is 5.69 Å². The Bertz CT molecular complexity index is 1860. The van der Waals surface area contributed by atoms with Crippen molar-refractivity contribution in [3.05, 3.63) is 107 Å². The normalized spacial score (nSPS) is 15.3. The van der Waals surface area contributed by atoms with Crippen molar-refractivity contribution in [1.29, 1.82) is 0 Å². The minimum Gasteiger partial charge on any atom is -0.465 e. The minimum atomic E-state index is -4.91. The number of pyridine rings is 1. The maximum absolute atomic E-state index is 15.5. The Morgan fingerprint density at radius 2 is 1.71 bits per heavy atom. The lowest BCUT2D eigenvalue weighted by Crippen LogP contribution is -2.49. The number of rotatable bonds is 12. The summed E-state index contributed by atoms with van der Waals surface area (Å²) in [6, 6.07) is 14.0. The fraction of sp³-hybridized carbons (Fsp3) is 0.353. The quantitative estimate of drug-likeness (QED) is 0.118. The van der Waals surface area contributed by atoms with Gasteiger partial charge in [0.2, 0.25) is 0 Å². The molecule has 0 radical (unpaired) electrons. The number of alkyl halides is 3. The van der Waals surface area contributed by atoms with Gasteiger partial charge in [-0.3, -0.25) is 9.78 Å². The van der Waals surface area contributed by atoms with Crippen LogP contribution in [0.3, 0.4) is 0 Å². The van der Waals surface area contributed by atoms with Crippen molar-refractivity contribution in [2.24, 2.45) is 5.92 Å². The SMILES string of the molecule is CC(C)(C)[S@@](=O)NC(CCC1CC1)(c1ccncc1)c1ccc(F)c(NC(=O)c2cc(C(F)(F)F)nn2-c2cccc(CNC(=O)O)c2)c1. The summed E-state index contributed by atoms with van der Waals surface area (Å²) < 4.78 is 74.0. The molecule has 2 amide bonds. The molecule has 49 heavy (non-hydrogen) atoms. The lowest BCUT2D eigenvalue weighted by molar-refractivity contribution is -0.141. The van der Waals surface area contributed by atoms with Gasteiger partial charge in [-0.2, -0.15) is 18.3 Å². The Morgan fingerprint density at radius 1 is 1.00 bits per heavy atom. The summed E-state index contributed by atoms with van der Waals surface area (Å²) in [5, 5.41) is 17.2. The summed E-state index contributed by atoms with van der Waals surface area (Å²) in [6.45, 7) is 5.31. The summed E-state index contributed by atoms with van der Waals surface area (Å²) >= 11 is 0. The number of nitrogens with one attached hydrogen (secondary N) is 3. The van der Waals surface area contributed by atoms with Gasteiger partial charge in [0.1, 0.15) is 11.5 Å². The third kappa shape index (κ3) is 8.51. The predicted octanol–water partition coefficient (Wildman–Crippen LogP) is 6.93. The standard InChI is InChI=1S/C34H36F4N6O4S/c1-32(2,3)49(48)43-33(14-11-21-7-8-21,23-12-15-39-16-13-23)24-9-10-26(35)27(18-24)41-30(45)28-19-29(34(36,37)38)42-44(28)25-6-4-5-22(17-25)20-40-31(46)47/h4-6,9-10,12-13,15-19,21,40,43H,7-8,11,14,20H2,1-3H3,(H,41,45)(H,46,47)/t33?,49-/m1/s1. The number of hydrogen-bond donors (Lipinski definition) is 4. The van der Waals surface area contributed by atoms with E-state index in [1.54, 1.807) is 30.6 Å². The van der Waals surface area contributed by atoms with Crippen LogP contribution in [-0.4, -0.2) is 40.8 Å². The molecule has 1 fully saturated rings. The highest BCUT2D eigenvalue weighted by Crippen LogP contribution is 2.42. The highest BCUT2D eigenvalue weighted by molar-refractivity contribution is 7.84. The molecule has 0 aliphatic heterocycles. The van der Waals surface area contributed by atoms with Gasteiger partial charge in [-0.25, -0.2) is 22.8 Å². The van der Waals surface area contributed by atoms with E-state index in [1.807, 2.05) is 20.8 Å². The molecule has 0 spiro atoms. The molecule has 0 saturated heterocycles. The van der Waals surface area contributed by atoms with Gasteiger partial charge in [-0.1, -0.05) is 31.0 Å². The molecule has 2 aromatic heterocycles. The van der Waals surface area contributed by atoms with Gasteiger partial charge in [0, 0.05) is 25.0 Å². The van der Waals surface area contributed by atoms with E-state index in [-0.39, 0.29) is 17.9 Å². The van der Waals surface area contributed by atoms with Crippen LogP contribution in [0.15, 0.2) is 73.1 Å². The van der Waals surface area contributed by atoms with E-state index in [0.717, 1.165) is 35.6 Å². The maximum Gasteiger partial charge on any atom is 0.435 e. The third-order valence-electron chi connectivity index (χ3n) is 8.16. The largest absolute Gasteiger partial charge is 0.465 e. The lowest BCUT2D eigenvalue weighted by Gasteiger charge is -2.38. The summed E-state index contributed by atoms with van der Waals surface area (Å²) in [4.78, 5) is 28.8. The molecule has 4 aromatic rings. The molecule has 15 heteroatoms. The zero-order chi connectivity index (χ0) is 35.6. The van der Waals surface area contributed by atoms with Crippen LogP contribution >= 0.6 is 0 Å². The van der Waals surface area contributed by atoms with E-state index < -0.39 is 56.7 Å². The first kappa shape index (κ1) is 35.7. The fourth-order valence-electron chi connectivity index (χ4n) is 5.33. The number of nitrogens with zero attached hydrogens (tertiary/aromatic N) is 3. The number of carboxylic acid groups (broad SMARTS) is 1. The zero-order valence-corrected chi connectivity index (χ0v) is 27.8. The van der Waals surface area contributed by atoms with Crippen molar-refractivity contribution < 1.29 is 36.5 Å². The fourth-order valence-corrected chi connectivity index (χ4v) is 6.29. The maximum atomic E-state index is 15.5. The Balaban J connectivity index is 1.56. The van der Waals surface area contributed by atoms with Crippen molar-refractivity contribution in [2.45, 2.75) is 69.5 Å². The van der Waals surface area contributed by atoms with E-state index in [1.165, 1.54) is 30.3 Å². The van der Waals surface area contributed by atoms with E-state index >= 15 is 4.39 Å². The van der Waals surface area contributed by atoms with Crippen LogP contribution in [0, 0.1) is 11.7 Å². The Hall–Kier alpha value is -4.63. The van der Waals surface area contributed by atoms with Gasteiger partial charge < -0.3 is 15.7 Å². The first-order chi connectivity index (χ1) is 23.1. The molecule has 1 saturated carbocycles. The predicted molar refractivity (Wildman–Crippen MR) is 176 cm³/mol. The lowest BCUT2D eigenvalue weighted by atomic mass is 9.79. The number of benzene rings is 2. The van der Waals surface area contributed by atoms with Crippen LogP contribution < -0.4 is 15.4 Å². The number of carbonyl (C=O) groups excluding carboxylic acids is 1. The number of anilines is 1. The average Bonchev–Trinajstić information content (AvgIpc) is 3.76. The molecule has 1 unspecified atom stereocenters. The van der Waals surface area contributed by atoms with Gasteiger partial charge in [0.05, 0.1) is 32.6 Å². The van der Waals surface area contributed by atoms with E-state index in [4.69, 9.17) is 5.11 Å². The van der Waals surface area contributed by atoms with Crippen LogP contribution in [0.1, 0.15) is 79.3 Å². The Kier molecular flexibility index (Phi) is 10.2. The van der Waals surface area contributed by atoms with Gasteiger partial charge in [-0.05, 0) is 92.6 Å². The summed E-state index contributed by atoms with van der Waals surface area (Å²) in [5.41, 5.74) is -1.67. The average molecular weight is 701 g/mol. The summed E-state index contributed by atoms with van der Waals surface area (Å²) in [6.07, 6.45) is 0.371. The van der Waals surface area contributed by atoms with Crippen LogP contribution in [0.5, 0.6) is 0 Å². The highest BCUT2D eigenvalue weighted by atomic mass is 32.2. The van der Waals surface area contributed by atoms with Crippen molar-refractivity contribution in [1.82, 2.24) is 24.8 Å². The molecule has 0 bridgehead atoms. The second-order valence-electron chi connectivity index (χ2n) is 12.9. The van der Waals surface area contributed by atoms with Crippen molar-refractivity contribution in [2.75, 3.05) is 5.32 Å². The minimum absolute atomic E-state index is 0.0465. The van der Waals surface area contributed by atoms with Crippen LogP contribution in [-0.2, 0) is 29.2 Å². The van der Waals surface area contributed by atoms with E-state index in [9.17, 15) is 27.0 Å². The molecule has 4 N–H and O–H groups in total. The molecule has 2 heterocycles. The molecule has 5 rings (SSSR count). The number of hydrogen-bond acceptors (Lipinski definition) is 5. The van der Waals surface area contributed by atoms with Crippen molar-refractivity contribution in [3.8, 4) is 5.69 Å². The molecular formula is C34H36F4N6O4S. The van der Waals surface area contributed by atoms with E-state index in [0.29, 0.717) is 29.5 Å². The number of halogens is 4. The van der Waals surface area contributed by atoms with Gasteiger partial charge in [-0.15, -0.1) is 0 Å². The Morgan fingerprint density at radius 3 is 2.35 bits per heavy atom. The monoisotopic (exact) mass is 700 g/mol. The number of aromatic nitrogens is 3. The highest BCUT2D eigenvalue weighted by Gasteiger charge is 2.41. The third-order valence-corrected chi connectivity index (χ3v) is 9.81. The molecule has 260 valence electrons. The van der Waals surface area contributed by atoms with Gasteiger partial charge in [0.25, 0.3) is 5.91 Å². The first-order valence-electron chi connectivity index (χ1n) is 15.5. The summed E-state index contributed by atoms with van der Waals surface area (Å²) in [7, 11) is -1.60. The van der Waals surface area contributed by atoms with Crippen LogP contribution in [0.2, 0.25) is 0 Å². The second kappa shape index (κ2) is 14.1. The summed E-state index contributed by atoms with van der Waals surface area (Å²) in [5.74, 6) is -1.44. The Labute approximate surface area is 282 Å². The molecule has 1 aliphatic carbocycles. The van der Waals surface area contributed by atoms with E-state index in [2.05, 4.69) is 25.4 Å². The van der Waals surface area contributed by atoms with Crippen molar-refractivity contribution in [3.63, 3.8) is 0 Å². The van der Waals surface area contributed by atoms with Gasteiger partial charge >= 0.3 is 12.3 Å². The smallest absolute Gasteiger partial charge is 0.435 e. The first-order valence-corrected chi connectivity index (χ1v) is 16.7. The topological polar surface area (TPSA) is 138 Å². The molecule has 2 aromatic carbocycles. The zero-order valence-electron chi connectivity index (χ0n) is 27.0. The second-order valence-corrected chi connectivity index (χ2v) is 14.9.